The standard InChI is InChI=1S/C58H38N2/c1-3-14-39(15-4-1)54-25-12-26-55-57-53(24-13-27-56(57)60(58(54)55)45-19-5-2-6-20-45)42-18-11-21-46(36-42)59(47-32-34-51-43(37-47)30-28-40-16-7-9-22-49(40)51)48-33-35-52-44(38-48)31-29-41-17-8-10-23-50(41)52/h1-38H. The quantitative estimate of drug-likeness (QED) is 0.153. The number of rotatable bonds is 6. The number of hydrogen-bond acceptors (Lipinski definition) is 1. The number of fused-ring (bicyclic) bond motifs is 9. The van der Waals surface area contributed by atoms with Crippen LogP contribution in [0.2, 0.25) is 0 Å². The van der Waals surface area contributed by atoms with Gasteiger partial charge in [-0.1, -0.05) is 176 Å². The van der Waals surface area contributed by atoms with Gasteiger partial charge in [0.1, 0.15) is 0 Å². The lowest BCUT2D eigenvalue weighted by atomic mass is 9.96. The van der Waals surface area contributed by atoms with Gasteiger partial charge in [-0.05, 0) is 114 Å². The van der Waals surface area contributed by atoms with Crippen LogP contribution in [0, 0.1) is 0 Å². The molecule has 12 aromatic rings. The van der Waals surface area contributed by atoms with Crippen LogP contribution in [0.5, 0.6) is 0 Å². The van der Waals surface area contributed by atoms with Gasteiger partial charge < -0.3 is 9.47 Å². The molecule has 280 valence electrons. The summed E-state index contributed by atoms with van der Waals surface area (Å²) in [5.41, 5.74) is 11.6. The number of aromatic nitrogens is 1. The third-order valence-electron chi connectivity index (χ3n) is 12.3. The zero-order valence-corrected chi connectivity index (χ0v) is 32.8. The van der Waals surface area contributed by atoms with E-state index in [-0.39, 0.29) is 0 Å². The first-order chi connectivity index (χ1) is 29.8. The van der Waals surface area contributed by atoms with Gasteiger partial charge in [-0.3, -0.25) is 0 Å². The van der Waals surface area contributed by atoms with Gasteiger partial charge in [0.2, 0.25) is 0 Å². The summed E-state index contributed by atoms with van der Waals surface area (Å²) in [6.45, 7) is 0. The van der Waals surface area contributed by atoms with Crippen LogP contribution in [0.1, 0.15) is 0 Å². The van der Waals surface area contributed by atoms with Crippen molar-refractivity contribution in [2.24, 2.45) is 0 Å². The molecular formula is C58H38N2. The maximum Gasteiger partial charge on any atom is 0.0619 e. The molecule has 0 bridgehead atoms. The maximum absolute atomic E-state index is 2.45. The fourth-order valence-electron chi connectivity index (χ4n) is 9.59. The maximum atomic E-state index is 2.45. The Morgan fingerprint density at radius 3 is 1.48 bits per heavy atom. The molecule has 1 heterocycles. The van der Waals surface area contributed by atoms with E-state index >= 15 is 0 Å². The van der Waals surface area contributed by atoms with Crippen molar-refractivity contribution in [3.8, 4) is 27.9 Å². The van der Waals surface area contributed by atoms with Crippen LogP contribution < -0.4 is 4.90 Å². The summed E-state index contributed by atoms with van der Waals surface area (Å²) in [7, 11) is 0. The van der Waals surface area contributed by atoms with Crippen LogP contribution in [0.25, 0.3) is 92.8 Å². The summed E-state index contributed by atoms with van der Waals surface area (Å²) >= 11 is 0. The summed E-state index contributed by atoms with van der Waals surface area (Å²) in [5.74, 6) is 0. The van der Waals surface area contributed by atoms with E-state index in [9.17, 15) is 0 Å². The van der Waals surface area contributed by atoms with Crippen molar-refractivity contribution in [2.75, 3.05) is 4.90 Å². The third kappa shape index (κ3) is 5.50. The Morgan fingerprint density at radius 2 is 0.800 bits per heavy atom. The molecule has 2 nitrogen and oxygen atoms in total. The van der Waals surface area contributed by atoms with Crippen molar-refractivity contribution in [3.05, 3.63) is 231 Å². The van der Waals surface area contributed by atoms with Crippen LogP contribution in [0.15, 0.2) is 231 Å². The van der Waals surface area contributed by atoms with Gasteiger partial charge in [0.05, 0.1) is 11.0 Å². The average molecular weight is 763 g/mol. The van der Waals surface area contributed by atoms with Crippen LogP contribution in [-0.4, -0.2) is 4.57 Å². The van der Waals surface area contributed by atoms with E-state index in [1.54, 1.807) is 0 Å². The molecule has 0 fully saturated rings. The van der Waals surface area contributed by atoms with Gasteiger partial charge >= 0.3 is 0 Å². The zero-order valence-electron chi connectivity index (χ0n) is 32.8. The number of hydrogen-bond donors (Lipinski definition) is 0. The minimum Gasteiger partial charge on any atom is -0.310 e. The zero-order chi connectivity index (χ0) is 39.6. The molecule has 0 aliphatic carbocycles. The predicted octanol–water partition coefficient (Wildman–Crippen LogP) is 16.2. The van der Waals surface area contributed by atoms with Crippen molar-refractivity contribution in [1.29, 1.82) is 0 Å². The average Bonchev–Trinajstić information content (AvgIpc) is 3.67. The van der Waals surface area contributed by atoms with Crippen molar-refractivity contribution in [2.45, 2.75) is 0 Å². The van der Waals surface area contributed by atoms with E-state index in [0.29, 0.717) is 0 Å². The normalized spacial score (nSPS) is 11.7. The lowest BCUT2D eigenvalue weighted by molar-refractivity contribution is 1.18. The van der Waals surface area contributed by atoms with E-state index in [1.807, 2.05) is 0 Å². The Hall–Kier alpha value is -7.94. The van der Waals surface area contributed by atoms with Gasteiger partial charge in [-0.25, -0.2) is 0 Å². The number of benzene rings is 11. The van der Waals surface area contributed by atoms with Crippen molar-refractivity contribution >= 4 is 82.0 Å². The van der Waals surface area contributed by atoms with Gasteiger partial charge in [-0.2, -0.15) is 0 Å². The lowest BCUT2D eigenvalue weighted by Gasteiger charge is -2.27. The molecule has 0 atom stereocenters. The summed E-state index contributed by atoms with van der Waals surface area (Å²) in [6, 6.07) is 84.3. The lowest BCUT2D eigenvalue weighted by Crippen LogP contribution is -2.10. The number of nitrogens with zero attached hydrogens (tertiary/aromatic N) is 2. The molecule has 0 amide bonds. The molecule has 0 N–H and O–H groups in total. The minimum atomic E-state index is 1.10. The first-order valence-electron chi connectivity index (χ1n) is 20.7. The molecule has 0 aliphatic heterocycles. The highest BCUT2D eigenvalue weighted by Crippen LogP contribution is 2.45. The Morgan fingerprint density at radius 1 is 0.300 bits per heavy atom. The highest BCUT2D eigenvalue weighted by atomic mass is 15.1. The van der Waals surface area contributed by atoms with Crippen molar-refractivity contribution in [3.63, 3.8) is 0 Å². The number of anilines is 3. The molecular weight excluding hydrogens is 725 g/mol. The molecule has 0 spiro atoms. The summed E-state index contributed by atoms with van der Waals surface area (Å²) in [4.78, 5) is 2.42. The fourth-order valence-corrected chi connectivity index (χ4v) is 9.59. The van der Waals surface area contributed by atoms with Crippen molar-refractivity contribution < 1.29 is 0 Å². The van der Waals surface area contributed by atoms with Gasteiger partial charge in [0.15, 0.2) is 0 Å². The van der Waals surface area contributed by atoms with Crippen LogP contribution in [-0.2, 0) is 0 Å². The second-order valence-electron chi connectivity index (χ2n) is 15.7. The number of para-hydroxylation sites is 2. The fraction of sp³-hybridized carbons (Fsp3) is 0. The topological polar surface area (TPSA) is 8.17 Å². The van der Waals surface area contributed by atoms with E-state index in [0.717, 1.165) is 22.7 Å². The van der Waals surface area contributed by atoms with Crippen molar-refractivity contribution in [1.82, 2.24) is 4.57 Å². The molecule has 0 unspecified atom stereocenters. The Bertz CT molecular complexity index is 3480. The molecule has 60 heavy (non-hydrogen) atoms. The third-order valence-corrected chi connectivity index (χ3v) is 12.3. The first kappa shape index (κ1) is 34.1. The predicted molar refractivity (Wildman–Crippen MR) is 256 cm³/mol. The SMILES string of the molecule is c1ccc(-c2cccc3c4c(-c5cccc(N(c6ccc7c(ccc8ccccc87)c6)c6ccc7c(ccc8ccccc87)c6)c5)cccc4n(-c4ccccc4)c23)cc1. The van der Waals surface area contributed by atoms with Crippen LogP contribution in [0.3, 0.4) is 0 Å². The molecule has 2 heteroatoms. The molecule has 0 radical (unpaired) electrons. The smallest absolute Gasteiger partial charge is 0.0619 e. The van der Waals surface area contributed by atoms with Crippen LogP contribution in [0.4, 0.5) is 17.1 Å². The Kier molecular flexibility index (Phi) is 7.89. The monoisotopic (exact) mass is 762 g/mol. The molecule has 0 saturated heterocycles. The second kappa shape index (κ2) is 13.9. The molecule has 11 aromatic carbocycles. The Balaban J connectivity index is 1.09. The molecule has 0 saturated carbocycles. The second-order valence-corrected chi connectivity index (χ2v) is 15.7. The first-order valence-corrected chi connectivity index (χ1v) is 20.7. The minimum absolute atomic E-state index is 1.10. The molecule has 1 aromatic heterocycles. The van der Waals surface area contributed by atoms with Gasteiger partial charge in [-0.15, -0.1) is 0 Å². The summed E-state index contributed by atoms with van der Waals surface area (Å²) < 4.78 is 2.45. The molecule has 0 aliphatic rings. The summed E-state index contributed by atoms with van der Waals surface area (Å²) in [6.07, 6.45) is 0. The largest absolute Gasteiger partial charge is 0.310 e. The van der Waals surface area contributed by atoms with E-state index < -0.39 is 0 Å². The van der Waals surface area contributed by atoms with E-state index in [2.05, 4.69) is 240 Å². The highest BCUT2D eigenvalue weighted by molar-refractivity contribution is 6.19. The molecule has 12 rings (SSSR count). The highest BCUT2D eigenvalue weighted by Gasteiger charge is 2.21. The van der Waals surface area contributed by atoms with E-state index in [4.69, 9.17) is 0 Å². The summed E-state index contributed by atoms with van der Waals surface area (Å²) in [5, 5.41) is 12.5. The van der Waals surface area contributed by atoms with Gasteiger partial charge in [0.25, 0.3) is 0 Å². The van der Waals surface area contributed by atoms with E-state index in [1.165, 1.54) is 87.1 Å². The van der Waals surface area contributed by atoms with Crippen LogP contribution >= 0.6 is 0 Å². The van der Waals surface area contributed by atoms with Gasteiger partial charge in [0, 0.05) is 39.1 Å². The Labute approximate surface area is 348 Å².